The number of hydrogen-bond acceptors (Lipinski definition) is 1. The van der Waals surface area contributed by atoms with Gasteiger partial charge in [0.05, 0.1) is 0 Å². The van der Waals surface area contributed by atoms with E-state index in [1.807, 2.05) is 42.5 Å². The van der Waals surface area contributed by atoms with Crippen LogP contribution in [0.3, 0.4) is 0 Å². The Morgan fingerprint density at radius 2 is 1.57 bits per heavy atom. The summed E-state index contributed by atoms with van der Waals surface area (Å²) in [4.78, 5) is 11.2. The van der Waals surface area contributed by atoms with Crippen molar-refractivity contribution in [2.45, 2.75) is 25.7 Å². The van der Waals surface area contributed by atoms with Crippen LogP contribution in [-0.4, -0.2) is 11.1 Å². The molecule has 0 bridgehead atoms. The third kappa shape index (κ3) is 3.82. The van der Waals surface area contributed by atoms with Crippen molar-refractivity contribution < 1.29 is 9.90 Å². The van der Waals surface area contributed by atoms with Crippen molar-refractivity contribution in [2.24, 2.45) is 0 Å². The van der Waals surface area contributed by atoms with E-state index in [9.17, 15) is 9.90 Å². The summed E-state index contributed by atoms with van der Waals surface area (Å²) in [7, 11) is 0. The molecule has 21 heavy (non-hydrogen) atoms. The number of rotatable bonds is 5. The van der Waals surface area contributed by atoms with Gasteiger partial charge < -0.3 is 5.11 Å². The van der Waals surface area contributed by atoms with Crippen molar-refractivity contribution >= 4 is 5.97 Å². The second-order valence-electron chi connectivity index (χ2n) is 5.58. The summed E-state index contributed by atoms with van der Waals surface area (Å²) < 4.78 is 0. The van der Waals surface area contributed by atoms with Gasteiger partial charge in [0.1, 0.15) is 0 Å². The van der Waals surface area contributed by atoms with Crippen LogP contribution >= 0.6 is 0 Å². The lowest BCUT2D eigenvalue weighted by molar-refractivity contribution is -0.132. The fourth-order valence-corrected chi connectivity index (χ4v) is 2.61. The first kappa shape index (κ1) is 15.0. The molecule has 2 aromatic carbocycles. The number of allylic oxidation sites excluding steroid dienone is 1. The fourth-order valence-electron chi connectivity index (χ4n) is 2.61. The molecule has 2 aromatic rings. The second kappa shape index (κ2) is 6.40. The van der Waals surface area contributed by atoms with Crippen molar-refractivity contribution in [1.82, 2.24) is 0 Å². The Bertz CT molecular complexity index is 629. The van der Waals surface area contributed by atoms with Gasteiger partial charge in [0.25, 0.3) is 0 Å². The minimum Gasteiger partial charge on any atom is -0.478 e. The molecule has 0 amide bonds. The lowest BCUT2D eigenvalue weighted by atomic mass is 9.76. The quantitative estimate of drug-likeness (QED) is 0.833. The molecule has 0 heterocycles. The van der Waals surface area contributed by atoms with E-state index < -0.39 is 5.97 Å². The minimum absolute atomic E-state index is 0.342. The van der Waals surface area contributed by atoms with Gasteiger partial charge in [-0.3, -0.25) is 0 Å². The van der Waals surface area contributed by atoms with E-state index in [0.717, 1.165) is 12.0 Å². The van der Waals surface area contributed by atoms with Crippen molar-refractivity contribution in [3.05, 3.63) is 83.4 Å². The molecular formula is C19H20O2. The van der Waals surface area contributed by atoms with Crippen LogP contribution in [0.5, 0.6) is 0 Å². The Labute approximate surface area is 125 Å². The predicted octanol–water partition coefficient (Wildman–Crippen LogP) is 4.22. The van der Waals surface area contributed by atoms with E-state index in [-0.39, 0.29) is 5.41 Å². The van der Waals surface area contributed by atoms with Gasteiger partial charge in [-0.25, -0.2) is 4.79 Å². The molecule has 1 atom stereocenters. The van der Waals surface area contributed by atoms with E-state index in [1.165, 1.54) is 5.56 Å². The number of benzene rings is 2. The molecule has 0 aliphatic rings. The van der Waals surface area contributed by atoms with Gasteiger partial charge in [0, 0.05) is 11.0 Å². The maximum Gasteiger partial charge on any atom is 0.330 e. The molecule has 1 N–H and O–H groups in total. The highest BCUT2D eigenvalue weighted by molar-refractivity contribution is 5.86. The van der Waals surface area contributed by atoms with Gasteiger partial charge in [0.2, 0.25) is 0 Å². The summed E-state index contributed by atoms with van der Waals surface area (Å²) in [5, 5.41) is 9.19. The first-order valence-corrected chi connectivity index (χ1v) is 7.03. The SMILES string of the molecule is CC(=CC(C)(Cc1ccccc1)c1ccccc1)C(=O)O. The lowest BCUT2D eigenvalue weighted by Gasteiger charge is -2.27. The van der Waals surface area contributed by atoms with Gasteiger partial charge in [-0.05, 0) is 24.5 Å². The molecule has 0 fully saturated rings. The van der Waals surface area contributed by atoms with Crippen LogP contribution in [0.25, 0.3) is 0 Å². The standard InChI is InChI=1S/C19H20O2/c1-15(18(20)21)13-19(2,17-11-7-4-8-12-17)14-16-9-5-3-6-10-16/h3-13H,14H2,1-2H3,(H,20,21). The number of carboxylic acids is 1. The Morgan fingerprint density at radius 1 is 1.05 bits per heavy atom. The van der Waals surface area contributed by atoms with Crippen LogP contribution in [0.1, 0.15) is 25.0 Å². The Hall–Kier alpha value is -2.35. The van der Waals surface area contributed by atoms with Crippen molar-refractivity contribution in [2.75, 3.05) is 0 Å². The summed E-state index contributed by atoms with van der Waals surface area (Å²) in [5.74, 6) is -0.870. The Kier molecular flexibility index (Phi) is 4.59. The summed E-state index contributed by atoms with van der Waals surface area (Å²) in [6, 6.07) is 20.2. The Balaban J connectivity index is 2.44. The summed E-state index contributed by atoms with van der Waals surface area (Å²) in [5.41, 5.74) is 2.34. The first-order chi connectivity index (χ1) is 10.0. The van der Waals surface area contributed by atoms with Crippen LogP contribution in [0.15, 0.2) is 72.3 Å². The number of carboxylic acid groups (broad SMARTS) is 1. The van der Waals surface area contributed by atoms with Crippen LogP contribution in [0.2, 0.25) is 0 Å². The molecule has 0 saturated carbocycles. The van der Waals surface area contributed by atoms with Crippen molar-refractivity contribution in [1.29, 1.82) is 0 Å². The average Bonchev–Trinajstić information content (AvgIpc) is 2.49. The van der Waals surface area contributed by atoms with Crippen molar-refractivity contribution in [3.63, 3.8) is 0 Å². The van der Waals surface area contributed by atoms with Crippen LogP contribution in [-0.2, 0) is 16.6 Å². The van der Waals surface area contributed by atoms with E-state index in [2.05, 4.69) is 31.2 Å². The molecule has 2 rings (SSSR count). The summed E-state index contributed by atoms with van der Waals surface area (Å²) in [6.07, 6.45) is 2.63. The molecule has 0 aromatic heterocycles. The average molecular weight is 280 g/mol. The molecule has 0 aliphatic carbocycles. The normalized spacial score (nSPS) is 14.5. The third-order valence-electron chi connectivity index (χ3n) is 3.72. The topological polar surface area (TPSA) is 37.3 Å². The molecular weight excluding hydrogens is 260 g/mol. The van der Waals surface area contributed by atoms with Crippen LogP contribution in [0.4, 0.5) is 0 Å². The fraction of sp³-hybridized carbons (Fsp3) is 0.211. The highest BCUT2D eigenvalue weighted by atomic mass is 16.4. The zero-order valence-electron chi connectivity index (χ0n) is 12.4. The van der Waals surface area contributed by atoms with Gasteiger partial charge in [-0.1, -0.05) is 73.7 Å². The van der Waals surface area contributed by atoms with Gasteiger partial charge in [-0.15, -0.1) is 0 Å². The molecule has 2 heteroatoms. The smallest absolute Gasteiger partial charge is 0.330 e. The molecule has 0 radical (unpaired) electrons. The molecule has 2 nitrogen and oxygen atoms in total. The predicted molar refractivity (Wildman–Crippen MR) is 85.3 cm³/mol. The maximum atomic E-state index is 11.2. The monoisotopic (exact) mass is 280 g/mol. The summed E-state index contributed by atoms with van der Waals surface area (Å²) in [6.45, 7) is 3.73. The van der Waals surface area contributed by atoms with E-state index in [0.29, 0.717) is 5.57 Å². The van der Waals surface area contributed by atoms with E-state index >= 15 is 0 Å². The summed E-state index contributed by atoms with van der Waals surface area (Å²) >= 11 is 0. The zero-order valence-corrected chi connectivity index (χ0v) is 12.4. The first-order valence-electron chi connectivity index (χ1n) is 7.03. The number of carbonyl (C=O) groups is 1. The molecule has 0 aliphatic heterocycles. The van der Waals surface area contributed by atoms with Gasteiger partial charge in [0.15, 0.2) is 0 Å². The van der Waals surface area contributed by atoms with Crippen molar-refractivity contribution in [3.8, 4) is 0 Å². The maximum absolute atomic E-state index is 11.2. The van der Waals surface area contributed by atoms with E-state index in [1.54, 1.807) is 6.92 Å². The zero-order chi connectivity index (χ0) is 15.3. The largest absolute Gasteiger partial charge is 0.478 e. The van der Waals surface area contributed by atoms with Crippen LogP contribution < -0.4 is 0 Å². The molecule has 0 spiro atoms. The molecule has 1 unspecified atom stereocenters. The third-order valence-corrected chi connectivity index (χ3v) is 3.72. The van der Waals surface area contributed by atoms with E-state index in [4.69, 9.17) is 0 Å². The van der Waals surface area contributed by atoms with Gasteiger partial charge in [-0.2, -0.15) is 0 Å². The highest BCUT2D eigenvalue weighted by Gasteiger charge is 2.25. The molecule has 0 saturated heterocycles. The van der Waals surface area contributed by atoms with Gasteiger partial charge >= 0.3 is 5.97 Å². The number of aliphatic carboxylic acids is 1. The molecule has 108 valence electrons. The van der Waals surface area contributed by atoms with Crippen LogP contribution in [0, 0.1) is 0 Å². The highest BCUT2D eigenvalue weighted by Crippen LogP contribution is 2.31. The minimum atomic E-state index is -0.870. The second-order valence-corrected chi connectivity index (χ2v) is 5.58. The number of hydrogen-bond donors (Lipinski definition) is 1. The lowest BCUT2D eigenvalue weighted by Crippen LogP contribution is -2.23. The Morgan fingerprint density at radius 3 is 2.10 bits per heavy atom.